The first kappa shape index (κ1) is 18.4. The number of amides is 1. The molecule has 2 N–H and O–H groups in total. The fourth-order valence-electron chi connectivity index (χ4n) is 2.80. The molecule has 0 aromatic heterocycles. The molecule has 1 amide bonds. The van der Waals surface area contributed by atoms with Gasteiger partial charge in [-0.15, -0.1) is 0 Å². The van der Waals surface area contributed by atoms with E-state index in [0.29, 0.717) is 11.3 Å². The molecule has 1 atom stereocenters. The van der Waals surface area contributed by atoms with Crippen LogP contribution in [0.1, 0.15) is 24.1 Å². The summed E-state index contributed by atoms with van der Waals surface area (Å²) in [7, 11) is 0. The molecule has 0 radical (unpaired) electrons. The van der Waals surface area contributed by atoms with Gasteiger partial charge in [-0.25, -0.2) is 0 Å². The molecule has 0 spiro atoms. The van der Waals surface area contributed by atoms with E-state index >= 15 is 0 Å². The first-order valence-corrected chi connectivity index (χ1v) is 9.16. The summed E-state index contributed by atoms with van der Waals surface area (Å²) in [5.74, 6) is 0.293. The SMILES string of the molecule is C[C@@H](NC(=O)COc1ccc(Br)cc1CO)c1ccc2ccccc2c1. The smallest absolute Gasteiger partial charge is 0.258 e. The molecule has 0 aliphatic heterocycles. The van der Waals surface area contributed by atoms with Crippen LogP contribution in [0.4, 0.5) is 0 Å². The molecule has 134 valence electrons. The highest BCUT2D eigenvalue weighted by atomic mass is 79.9. The van der Waals surface area contributed by atoms with Crippen LogP contribution in [-0.2, 0) is 11.4 Å². The average Bonchev–Trinajstić information content (AvgIpc) is 2.66. The molecule has 0 unspecified atom stereocenters. The number of hydrogen-bond acceptors (Lipinski definition) is 3. The monoisotopic (exact) mass is 413 g/mol. The number of halogens is 1. The van der Waals surface area contributed by atoms with Gasteiger partial charge in [0.15, 0.2) is 6.61 Å². The van der Waals surface area contributed by atoms with Gasteiger partial charge in [-0.2, -0.15) is 0 Å². The zero-order chi connectivity index (χ0) is 18.5. The highest BCUT2D eigenvalue weighted by Crippen LogP contribution is 2.23. The molecule has 3 rings (SSSR count). The highest BCUT2D eigenvalue weighted by Gasteiger charge is 2.12. The molecule has 26 heavy (non-hydrogen) atoms. The maximum Gasteiger partial charge on any atom is 0.258 e. The minimum Gasteiger partial charge on any atom is -0.483 e. The lowest BCUT2D eigenvalue weighted by atomic mass is 10.0. The average molecular weight is 414 g/mol. The van der Waals surface area contributed by atoms with Crippen molar-refractivity contribution < 1.29 is 14.6 Å². The lowest BCUT2D eigenvalue weighted by Gasteiger charge is -2.16. The van der Waals surface area contributed by atoms with E-state index in [0.717, 1.165) is 15.4 Å². The Morgan fingerprint density at radius 2 is 1.88 bits per heavy atom. The van der Waals surface area contributed by atoms with Crippen molar-refractivity contribution in [1.29, 1.82) is 0 Å². The molecule has 0 aliphatic carbocycles. The van der Waals surface area contributed by atoms with Crippen LogP contribution >= 0.6 is 15.9 Å². The van der Waals surface area contributed by atoms with E-state index in [9.17, 15) is 9.90 Å². The molecular weight excluding hydrogens is 394 g/mol. The van der Waals surface area contributed by atoms with E-state index < -0.39 is 0 Å². The van der Waals surface area contributed by atoms with Gasteiger partial charge in [0.25, 0.3) is 5.91 Å². The molecule has 0 fully saturated rings. The van der Waals surface area contributed by atoms with Gasteiger partial charge in [0.1, 0.15) is 5.75 Å². The van der Waals surface area contributed by atoms with Gasteiger partial charge in [0.2, 0.25) is 0 Å². The summed E-state index contributed by atoms with van der Waals surface area (Å²) in [5.41, 5.74) is 1.67. The second kappa shape index (κ2) is 8.34. The van der Waals surface area contributed by atoms with Crippen LogP contribution in [-0.4, -0.2) is 17.6 Å². The Labute approximate surface area is 160 Å². The van der Waals surface area contributed by atoms with E-state index in [1.807, 2.05) is 31.2 Å². The molecule has 5 heteroatoms. The number of benzene rings is 3. The van der Waals surface area contributed by atoms with Crippen LogP contribution in [0, 0.1) is 0 Å². The molecule has 0 saturated heterocycles. The van der Waals surface area contributed by atoms with Crippen molar-refractivity contribution in [2.75, 3.05) is 6.61 Å². The lowest BCUT2D eigenvalue weighted by Crippen LogP contribution is -2.31. The van der Waals surface area contributed by atoms with Crippen LogP contribution < -0.4 is 10.1 Å². The first-order valence-electron chi connectivity index (χ1n) is 8.37. The largest absolute Gasteiger partial charge is 0.483 e. The van der Waals surface area contributed by atoms with Crippen molar-refractivity contribution in [3.05, 3.63) is 76.3 Å². The van der Waals surface area contributed by atoms with Gasteiger partial charge in [0.05, 0.1) is 12.6 Å². The Morgan fingerprint density at radius 3 is 2.65 bits per heavy atom. The highest BCUT2D eigenvalue weighted by molar-refractivity contribution is 9.10. The second-order valence-electron chi connectivity index (χ2n) is 6.09. The summed E-state index contributed by atoms with van der Waals surface area (Å²) in [6.45, 7) is 1.69. The number of rotatable bonds is 6. The Hall–Kier alpha value is -2.37. The van der Waals surface area contributed by atoms with Crippen LogP contribution in [0.2, 0.25) is 0 Å². The van der Waals surface area contributed by atoms with E-state index in [1.165, 1.54) is 5.39 Å². The van der Waals surface area contributed by atoms with E-state index in [2.05, 4.69) is 45.5 Å². The van der Waals surface area contributed by atoms with Crippen molar-refractivity contribution in [2.45, 2.75) is 19.6 Å². The Balaban J connectivity index is 1.62. The van der Waals surface area contributed by atoms with Crippen LogP contribution in [0.3, 0.4) is 0 Å². The summed E-state index contributed by atoms with van der Waals surface area (Å²) in [6.07, 6.45) is 0. The molecule has 3 aromatic rings. The maximum absolute atomic E-state index is 12.2. The van der Waals surface area contributed by atoms with Crippen LogP contribution in [0.15, 0.2) is 65.1 Å². The van der Waals surface area contributed by atoms with Gasteiger partial charge in [-0.3, -0.25) is 4.79 Å². The molecule has 0 aliphatic rings. The quantitative estimate of drug-likeness (QED) is 0.631. The number of carbonyl (C=O) groups excluding carboxylic acids is 1. The van der Waals surface area contributed by atoms with Crippen LogP contribution in [0.25, 0.3) is 10.8 Å². The maximum atomic E-state index is 12.2. The van der Waals surface area contributed by atoms with Crippen molar-refractivity contribution in [1.82, 2.24) is 5.32 Å². The Bertz CT molecular complexity index is 926. The van der Waals surface area contributed by atoms with Crippen LogP contribution in [0.5, 0.6) is 5.75 Å². The molecule has 0 bridgehead atoms. The van der Waals surface area contributed by atoms with Gasteiger partial charge in [0, 0.05) is 10.0 Å². The summed E-state index contributed by atoms with van der Waals surface area (Å²) < 4.78 is 6.41. The third-order valence-corrected chi connectivity index (χ3v) is 4.70. The number of ether oxygens (including phenoxy) is 1. The van der Waals surface area contributed by atoms with Crippen molar-refractivity contribution in [2.24, 2.45) is 0 Å². The first-order chi connectivity index (χ1) is 12.6. The minimum atomic E-state index is -0.211. The summed E-state index contributed by atoms with van der Waals surface area (Å²) in [5, 5.41) is 14.6. The Morgan fingerprint density at radius 1 is 1.12 bits per heavy atom. The van der Waals surface area contributed by atoms with E-state index in [1.54, 1.807) is 12.1 Å². The molecule has 0 heterocycles. The van der Waals surface area contributed by atoms with Gasteiger partial charge in [-0.1, -0.05) is 52.3 Å². The Kier molecular flexibility index (Phi) is 5.91. The predicted molar refractivity (Wildman–Crippen MR) is 106 cm³/mol. The number of nitrogens with one attached hydrogen (secondary N) is 1. The predicted octanol–water partition coefficient (Wildman–Crippen LogP) is 4.35. The number of fused-ring (bicyclic) bond motifs is 1. The van der Waals surface area contributed by atoms with Crippen molar-refractivity contribution >= 4 is 32.6 Å². The number of hydrogen-bond donors (Lipinski definition) is 2. The number of aliphatic hydroxyl groups is 1. The van der Waals surface area contributed by atoms with E-state index in [4.69, 9.17) is 4.74 Å². The molecule has 3 aromatic carbocycles. The third-order valence-electron chi connectivity index (χ3n) is 4.20. The molecule has 0 saturated carbocycles. The number of carbonyl (C=O) groups is 1. The normalized spacial score (nSPS) is 12.0. The summed E-state index contributed by atoms with van der Waals surface area (Å²) in [4.78, 5) is 12.2. The zero-order valence-electron chi connectivity index (χ0n) is 14.4. The topological polar surface area (TPSA) is 58.6 Å². The van der Waals surface area contributed by atoms with Gasteiger partial charge < -0.3 is 15.2 Å². The van der Waals surface area contributed by atoms with Gasteiger partial charge >= 0.3 is 0 Å². The standard InChI is InChI=1S/C21H20BrNO3/c1-14(16-7-6-15-4-2-3-5-17(15)10-16)23-21(25)13-26-20-9-8-19(22)11-18(20)12-24/h2-11,14,24H,12-13H2,1H3,(H,23,25)/t14-/m1/s1. The van der Waals surface area contributed by atoms with Crippen molar-refractivity contribution in [3.63, 3.8) is 0 Å². The van der Waals surface area contributed by atoms with E-state index in [-0.39, 0.29) is 25.2 Å². The molecule has 4 nitrogen and oxygen atoms in total. The van der Waals surface area contributed by atoms with Crippen molar-refractivity contribution in [3.8, 4) is 5.75 Å². The minimum absolute atomic E-state index is 0.105. The fourth-order valence-corrected chi connectivity index (χ4v) is 3.21. The van der Waals surface area contributed by atoms with Gasteiger partial charge in [-0.05, 0) is 47.5 Å². The summed E-state index contributed by atoms with van der Waals surface area (Å²) in [6, 6.07) is 19.5. The third kappa shape index (κ3) is 4.42. The molecular formula is C21H20BrNO3. The summed E-state index contributed by atoms with van der Waals surface area (Å²) >= 11 is 3.35. The second-order valence-corrected chi connectivity index (χ2v) is 7.01. The number of aliphatic hydroxyl groups excluding tert-OH is 1. The lowest BCUT2D eigenvalue weighted by molar-refractivity contribution is -0.123. The zero-order valence-corrected chi connectivity index (χ0v) is 16.0. The fraction of sp³-hybridized carbons (Fsp3) is 0.190.